The van der Waals surface area contributed by atoms with E-state index >= 15 is 0 Å². The summed E-state index contributed by atoms with van der Waals surface area (Å²) < 4.78 is 30.2. The Morgan fingerprint density at radius 1 is 1.50 bits per heavy atom. The maximum absolute atomic E-state index is 12.2. The van der Waals surface area contributed by atoms with E-state index in [-0.39, 0.29) is 11.6 Å². The number of halogens is 2. The molecule has 0 amide bonds. The lowest BCUT2D eigenvalue weighted by molar-refractivity contribution is -0.0526. The molecule has 0 atom stereocenters. The molecule has 1 N–H and O–H groups in total. The number of pyridine rings is 1. The lowest BCUT2D eigenvalue weighted by Gasteiger charge is -2.08. The van der Waals surface area contributed by atoms with E-state index in [1.54, 1.807) is 4.57 Å². The number of hydrogen-bond donors (Lipinski definition) is 1. The summed E-state index contributed by atoms with van der Waals surface area (Å²) in [6.45, 7) is -2.42. The van der Waals surface area contributed by atoms with E-state index in [4.69, 9.17) is 0 Å². The molecule has 0 aliphatic heterocycles. The Morgan fingerprint density at radius 2 is 2.25 bits per heavy atom. The summed E-state index contributed by atoms with van der Waals surface area (Å²) in [4.78, 5) is 15.3. The quantitative estimate of drug-likeness (QED) is 0.915. The van der Waals surface area contributed by atoms with Crippen LogP contribution in [0, 0.1) is 5.92 Å². The first-order valence-electron chi connectivity index (χ1n) is 6.23. The van der Waals surface area contributed by atoms with Crippen LogP contribution in [0.2, 0.25) is 0 Å². The van der Waals surface area contributed by atoms with Gasteiger partial charge in [0.15, 0.2) is 0 Å². The molecule has 106 valence electrons. The van der Waals surface area contributed by atoms with Crippen LogP contribution in [0.15, 0.2) is 18.2 Å². The molecule has 1 aliphatic carbocycles. The third-order valence-electron chi connectivity index (χ3n) is 3.29. The molecule has 0 radical (unpaired) electrons. The zero-order valence-electron chi connectivity index (χ0n) is 10.4. The van der Waals surface area contributed by atoms with E-state index < -0.39 is 12.6 Å². The predicted octanol–water partition coefficient (Wildman–Crippen LogP) is 2.75. The Kier molecular flexibility index (Phi) is 3.04. The Bertz CT molecular complexity index is 665. The van der Waals surface area contributed by atoms with Gasteiger partial charge in [-0.15, -0.1) is 0 Å². The van der Waals surface area contributed by atoms with Crippen LogP contribution in [0.25, 0.3) is 11.0 Å². The SMILES string of the molecule is O=C(O)c1cc2ccc(OC(F)F)nc2n1CC1CC1. The summed E-state index contributed by atoms with van der Waals surface area (Å²) >= 11 is 0. The fraction of sp³-hybridized carbons (Fsp3) is 0.385. The van der Waals surface area contributed by atoms with Crippen LogP contribution in [-0.4, -0.2) is 27.2 Å². The molecular weight excluding hydrogens is 270 g/mol. The molecule has 20 heavy (non-hydrogen) atoms. The molecule has 0 bridgehead atoms. The van der Waals surface area contributed by atoms with E-state index in [1.165, 1.54) is 18.2 Å². The number of aromatic nitrogens is 2. The zero-order valence-corrected chi connectivity index (χ0v) is 10.4. The molecule has 0 spiro atoms. The minimum Gasteiger partial charge on any atom is -0.477 e. The highest BCUT2D eigenvalue weighted by Gasteiger charge is 2.26. The van der Waals surface area contributed by atoms with E-state index in [0.717, 1.165) is 12.8 Å². The molecule has 2 aromatic rings. The largest absolute Gasteiger partial charge is 0.477 e. The Balaban J connectivity index is 2.07. The highest BCUT2D eigenvalue weighted by molar-refractivity contribution is 5.93. The van der Waals surface area contributed by atoms with Gasteiger partial charge in [-0.3, -0.25) is 0 Å². The summed E-state index contributed by atoms with van der Waals surface area (Å²) in [6, 6.07) is 4.34. The zero-order chi connectivity index (χ0) is 14.3. The first-order chi connectivity index (χ1) is 9.54. The number of ether oxygens (including phenoxy) is 1. The fourth-order valence-electron chi connectivity index (χ4n) is 2.19. The number of aromatic carboxylic acids is 1. The Morgan fingerprint density at radius 3 is 2.85 bits per heavy atom. The van der Waals surface area contributed by atoms with E-state index in [0.29, 0.717) is 23.5 Å². The maximum atomic E-state index is 12.2. The van der Waals surface area contributed by atoms with Gasteiger partial charge in [0, 0.05) is 18.0 Å². The first-order valence-corrected chi connectivity index (χ1v) is 6.23. The van der Waals surface area contributed by atoms with Crippen LogP contribution in [-0.2, 0) is 6.54 Å². The molecule has 3 rings (SSSR count). The number of hydrogen-bond acceptors (Lipinski definition) is 3. The fourth-order valence-corrected chi connectivity index (χ4v) is 2.19. The lowest BCUT2D eigenvalue weighted by atomic mass is 10.3. The van der Waals surface area contributed by atoms with Crippen molar-refractivity contribution < 1.29 is 23.4 Å². The summed E-state index contributed by atoms with van der Waals surface area (Å²) in [7, 11) is 0. The second-order valence-corrected chi connectivity index (χ2v) is 4.83. The molecule has 1 fully saturated rings. The predicted molar refractivity (Wildman–Crippen MR) is 66.0 cm³/mol. The standard InChI is InChI=1S/C13H12F2N2O3/c14-13(15)20-10-4-3-8-5-9(12(18)19)17(11(8)16-10)6-7-1-2-7/h3-5,7,13H,1-2,6H2,(H,18,19). The third-order valence-corrected chi connectivity index (χ3v) is 3.29. The Labute approximate surface area is 112 Å². The number of alkyl halides is 2. The van der Waals surface area contributed by atoms with Gasteiger partial charge in [-0.05, 0) is 30.9 Å². The lowest BCUT2D eigenvalue weighted by Crippen LogP contribution is -2.10. The van der Waals surface area contributed by atoms with Gasteiger partial charge in [-0.25, -0.2) is 4.79 Å². The van der Waals surface area contributed by atoms with Crippen molar-refractivity contribution in [3.8, 4) is 5.88 Å². The van der Waals surface area contributed by atoms with Gasteiger partial charge >= 0.3 is 12.6 Å². The van der Waals surface area contributed by atoms with Crippen molar-refractivity contribution in [1.29, 1.82) is 0 Å². The molecule has 1 saturated carbocycles. The molecule has 2 heterocycles. The van der Waals surface area contributed by atoms with E-state index in [9.17, 15) is 18.7 Å². The number of carboxylic acids is 1. The molecule has 0 unspecified atom stereocenters. The van der Waals surface area contributed by atoms with Gasteiger partial charge in [0.2, 0.25) is 5.88 Å². The second-order valence-electron chi connectivity index (χ2n) is 4.83. The van der Waals surface area contributed by atoms with Gasteiger partial charge in [-0.1, -0.05) is 0 Å². The number of nitrogens with zero attached hydrogens (tertiary/aromatic N) is 2. The van der Waals surface area contributed by atoms with Crippen molar-refractivity contribution in [3.63, 3.8) is 0 Å². The van der Waals surface area contributed by atoms with Crippen molar-refractivity contribution in [3.05, 3.63) is 23.9 Å². The smallest absolute Gasteiger partial charge is 0.388 e. The van der Waals surface area contributed by atoms with Crippen LogP contribution in [0.4, 0.5) is 8.78 Å². The maximum Gasteiger partial charge on any atom is 0.388 e. The van der Waals surface area contributed by atoms with Crippen LogP contribution in [0.1, 0.15) is 23.3 Å². The minimum atomic E-state index is -2.95. The van der Waals surface area contributed by atoms with Crippen molar-refractivity contribution in [1.82, 2.24) is 9.55 Å². The van der Waals surface area contributed by atoms with Crippen molar-refractivity contribution >= 4 is 17.0 Å². The van der Waals surface area contributed by atoms with Crippen LogP contribution < -0.4 is 4.74 Å². The van der Waals surface area contributed by atoms with Crippen LogP contribution in [0.3, 0.4) is 0 Å². The second kappa shape index (κ2) is 4.73. The summed E-state index contributed by atoms with van der Waals surface area (Å²) in [5.41, 5.74) is 0.487. The van der Waals surface area contributed by atoms with Crippen molar-refractivity contribution in [2.75, 3.05) is 0 Å². The molecular formula is C13H12F2N2O3. The molecule has 5 nitrogen and oxygen atoms in total. The average molecular weight is 282 g/mol. The summed E-state index contributed by atoms with van der Waals surface area (Å²) in [6.07, 6.45) is 2.10. The van der Waals surface area contributed by atoms with Gasteiger partial charge in [0.25, 0.3) is 0 Å². The summed E-state index contributed by atoms with van der Waals surface area (Å²) in [5.74, 6) is -0.829. The van der Waals surface area contributed by atoms with E-state index in [2.05, 4.69) is 9.72 Å². The number of rotatable bonds is 5. The molecule has 2 aromatic heterocycles. The van der Waals surface area contributed by atoms with Crippen molar-refractivity contribution in [2.24, 2.45) is 5.92 Å². The van der Waals surface area contributed by atoms with E-state index in [1.807, 2.05) is 0 Å². The molecule has 0 aromatic carbocycles. The van der Waals surface area contributed by atoms with Crippen molar-refractivity contribution in [2.45, 2.75) is 26.0 Å². The topological polar surface area (TPSA) is 64.3 Å². The number of carboxylic acid groups (broad SMARTS) is 1. The number of fused-ring (bicyclic) bond motifs is 1. The van der Waals surface area contributed by atoms with Gasteiger partial charge in [0.05, 0.1) is 0 Å². The average Bonchev–Trinajstić information content (AvgIpc) is 3.11. The molecule has 0 saturated heterocycles. The molecule has 7 heteroatoms. The third kappa shape index (κ3) is 2.43. The highest BCUT2D eigenvalue weighted by atomic mass is 19.3. The summed E-state index contributed by atoms with van der Waals surface area (Å²) in [5, 5.41) is 9.82. The Hall–Kier alpha value is -2.18. The van der Waals surface area contributed by atoms with Crippen LogP contribution in [0.5, 0.6) is 5.88 Å². The highest BCUT2D eigenvalue weighted by Crippen LogP contribution is 2.33. The normalized spacial score (nSPS) is 14.9. The monoisotopic (exact) mass is 282 g/mol. The van der Waals surface area contributed by atoms with Crippen LogP contribution >= 0.6 is 0 Å². The number of carbonyl (C=O) groups is 1. The van der Waals surface area contributed by atoms with Gasteiger partial charge in [-0.2, -0.15) is 13.8 Å². The minimum absolute atomic E-state index is 0.119. The van der Waals surface area contributed by atoms with Gasteiger partial charge in [0.1, 0.15) is 11.3 Å². The first kappa shape index (κ1) is 12.8. The van der Waals surface area contributed by atoms with Gasteiger partial charge < -0.3 is 14.4 Å². The molecule has 1 aliphatic rings.